The van der Waals surface area contributed by atoms with Crippen LogP contribution in [0.4, 0.5) is 38.0 Å². The van der Waals surface area contributed by atoms with Crippen molar-refractivity contribution in [1.29, 1.82) is 0 Å². The molecule has 2 unspecified atom stereocenters. The minimum Gasteiger partial charge on any atom is -0.480 e. The number of aryl methyl sites for hydroxylation is 1. The van der Waals surface area contributed by atoms with E-state index in [-0.39, 0.29) is 29.3 Å². The molecule has 13 heteroatoms. The van der Waals surface area contributed by atoms with Crippen LogP contribution in [0.25, 0.3) is 5.65 Å². The van der Waals surface area contributed by atoms with Crippen molar-refractivity contribution in [3.63, 3.8) is 0 Å². The molecule has 0 radical (unpaired) electrons. The number of halogens is 6. The van der Waals surface area contributed by atoms with Crippen LogP contribution in [0.3, 0.4) is 0 Å². The van der Waals surface area contributed by atoms with Crippen LogP contribution in [0.5, 0.6) is 5.75 Å². The fraction of sp³-hybridized carbons (Fsp3) is 0.409. The van der Waals surface area contributed by atoms with Crippen LogP contribution >= 0.6 is 0 Å². The minimum absolute atomic E-state index is 0.0244. The summed E-state index contributed by atoms with van der Waals surface area (Å²) in [6, 6.07) is 5.19. The second kappa shape index (κ2) is 9.27. The zero-order valence-corrected chi connectivity index (χ0v) is 18.6. The van der Waals surface area contributed by atoms with E-state index in [1.165, 1.54) is 16.6 Å². The van der Waals surface area contributed by atoms with Crippen LogP contribution in [0, 0.1) is 12.8 Å². The maximum absolute atomic E-state index is 13.0. The summed E-state index contributed by atoms with van der Waals surface area (Å²) in [5.74, 6) is 0.0836. The van der Waals surface area contributed by atoms with Gasteiger partial charge in [0.2, 0.25) is 5.95 Å². The van der Waals surface area contributed by atoms with Gasteiger partial charge in [0.15, 0.2) is 18.0 Å². The van der Waals surface area contributed by atoms with Crippen molar-refractivity contribution in [2.45, 2.75) is 31.7 Å². The number of nitrogens with zero attached hydrogens (tertiary/aromatic N) is 5. The SMILES string of the molecule is C=CC(Nc1nc2c(OCC(F)(F)F)ccc(C)n2n1)C1CCN(c2ccnc(C(F)(F)F)c2)C1. The number of alkyl halides is 6. The standard InChI is InChI=1S/C22H22F6N6O/c1-3-16(14-7-9-33(11-14)15-6-8-29-18(10-15)22(26,27)28)30-20-31-19-17(35-12-21(23,24)25)5-4-13(2)34(19)32-20/h3-6,8,10,14,16H,1,7,9,11-12H2,2H3,(H,30,32). The monoisotopic (exact) mass is 500 g/mol. The van der Waals surface area contributed by atoms with Gasteiger partial charge in [-0.1, -0.05) is 6.08 Å². The average Bonchev–Trinajstić information content (AvgIpc) is 3.44. The highest BCUT2D eigenvalue weighted by atomic mass is 19.4. The summed E-state index contributed by atoms with van der Waals surface area (Å²) in [6.45, 7) is 5.09. The summed E-state index contributed by atoms with van der Waals surface area (Å²) < 4.78 is 83.1. The Hall–Kier alpha value is -3.51. The normalized spacial score (nSPS) is 17.6. The molecule has 35 heavy (non-hydrogen) atoms. The number of anilines is 2. The molecule has 3 aromatic rings. The van der Waals surface area contributed by atoms with Gasteiger partial charge in [0, 0.05) is 36.6 Å². The van der Waals surface area contributed by atoms with Gasteiger partial charge in [0.05, 0.1) is 6.04 Å². The van der Waals surface area contributed by atoms with Gasteiger partial charge in [-0.05, 0) is 37.6 Å². The van der Waals surface area contributed by atoms with E-state index >= 15 is 0 Å². The fourth-order valence-electron chi connectivity index (χ4n) is 4.00. The summed E-state index contributed by atoms with van der Waals surface area (Å²) in [6.07, 6.45) is -5.58. The molecule has 0 bridgehead atoms. The van der Waals surface area contributed by atoms with E-state index in [0.717, 1.165) is 12.3 Å². The van der Waals surface area contributed by atoms with Gasteiger partial charge in [-0.25, -0.2) is 4.52 Å². The van der Waals surface area contributed by atoms with Crippen molar-refractivity contribution in [1.82, 2.24) is 19.6 Å². The third-order valence-electron chi connectivity index (χ3n) is 5.71. The first-order valence-electron chi connectivity index (χ1n) is 10.7. The van der Waals surface area contributed by atoms with Gasteiger partial charge in [-0.15, -0.1) is 11.7 Å². The Morgan fingerprint density at radius 3 is 2.69 bits per heavy atom. The van der Waals surface area contributed by atoms with Crippen molar-refractivity contribution in [3.8, 4) is 5.75 Å². The van der Waals surface area contributed by atoms with Crippen molar-refractivity contribution in [3.05, 3.63) is 54.5 Å². The molecule has 0 amide bonds. The molecular weight excluding hydrogens is 478 g/mol. The molecule has 1 saturated heterocycles. The van der Waals surface area contributed by atoms with Crippen molar-refractivity contribution in [2.75, 3.05) is 29.9 Å². The third kappa shape index (κ3) is 5.60. The topological polar surface area (TPSA) is 67.6 Å². The van der Waals surface area contributed by atoms with E-state index in [4.69, 9.17) is 4.74 Å². The molecule has 1 fully saturated rings. The van der Waals surface area contributed by atoms with E-state index in [0.29, 0.717) is 30.9 Å². The van der Waals surface area contributed by atoms with E-state index < -0.39 is 24.7 Å². The van der Waals surface area contributed by atoms with E-state index in [1.807, 2.05) is 4.90 Å². The third-order valence-corrected chi connectivity index (χ3v) is 5.71. The van der Waals surface area contributed by atoms with Gasteiger partial charge in [0.25, 0.3) is 0 Å². The molecule has 4 rings (SSSR count). The summed E-state index contributed by atoms with van der Waals surface area (Å²) in [7, 11) is 0. The number of rotatable bonds is 7. The molecule has 2 atom stereocenters. The number of ether oxygens (including phenoxy) is 1. The Balaban J connectivity index is 1.49. The number of nitrogens with one attached hydrogen (secondary N) is 1. The Morgan fingerprint density at radius 1 is 1.23 bits per heavy atom. The van der Waals surface area contributed by atoms with E-state index in [9.17, 15) is 26.3 Å². The van der Waals surface area contributed by atoms with Gasteiger partial charge in [-0.3, -0.25) is 4.98 Å². The molecule has 0 aromatic carbocycles. The van der Waals surface area contributed by atoms with Gasteiger partial charge >= 0.3 is 12.4 Å². The summed E-state index contributed by atoms with van der Waals surface area (Å²) in [4.78, 5) is 9.54. The second-order valence-electron chi connectivity index (χ2n) is 8.21. The molecule has 188 valence electrons. The largest absolute Gasteiger partial charge is 0.480 e. The predicted molar refractivity (Wildman–Crippen MR) is 116 cm³/mol. The van der Waals surface area contributed by atoms with Crippen molar-refractivity contribution >= 4 is 17.3 Å². The highest BCUT2D eigenvalue weighted by molar-refractivity contribution is 5.57. The molecule has 4 heterocycles. The lowest BCUT2D eigenvalue weighted by atomic mass is 9.99. The zero-order valence-electron chi connectivity index (χ0n) is 18.6. The number of hydrogen-bond acceptors (Lipinski definition) is 6. The van der Waals surface area contributed by atoms with Crippen LogP contribution in [0.2, 0.25) is 0 Å². The van der Waals surface area contributed by atoms with E-state index in [2.05, 4.69) is 27.0 Å². The summed E-state index contributed by atoms with van der Waals surface area (Å²) in [5.41, 5.74) is 0.236. The van der Waals surface area contributed by atoms with Crippen LogP contribution in [0.1, 0.15) is 17.8 Å². The molecule has 0 aliphatic carbocycles. The van der Waals surface area contributed by atoms with Crippen molar-refractivity contribution in [2.24, 2.45) is 5.92 Å². The first-order valence-corrected chi connectivity index (χ1v) is 10.7. The maximum Gasteiger partial charge on any atom is 0.433 e. The molecular formula is C22H22F6N6O. The molecule has 0 saturated carbocycles. The second-order valence-corrected chi connectivity index (χ2v) is 8.21. The molecule has 1 aliphatic heterocycles. The van der Waals surface area contributed by atoms with Crippen LogP contribution in [0.15, 0.2) is 43.1 Å². The summed E-state index contributed by atoms with van der Waals surface area (Å²) >= 11 is 0. The lowest BCUT2D eigenvalue weighted by molar-refractivity contribution is -0.153. The Kier molecular flexibility index (Phi) is 6.52. The van der Waals surface area contributed by atoms with E-state index in [1.54, 1.807) is 19.1 Å². The summed E-state index contributed by atoms with van der Waals surface area (Å²) in [5, 5.41) is 7.47. The number of fused-ring (bicyclic) bond motifs is 1. The van der Waals surface area contributed by atoms with Gasteiger partial charge in [0.1, 0.15) is 5.69 Å². The minimum atomic E-state index is -4.53. The molecule has 1 aliphatic rings. The highest BCUT2D eigenvalue weighted by Gasteiger charge is 2.34. The highest BCUT2D eigenvalue weighted by Crippen LogP contribution is 2.33. The number of aromatic nitrogens is 4. The fourth-order valence-corrected chi connectivity index (χ4v) is 4.00. The lowest BCUT2D eigenvalue weighted by Gasteiger charge is -2.23. The molecule has 3 aromatic heterocycles. The smallest absolute Gasteiger partial charge is 0.433 e. The first-order chi connectivity index (χ1) is 16.4. The lowest BCUT2D eigenvalue weighted by Crippen LogP contribution is -2.30. The Morgan fingerprint density at radius 2 is 2.00 bits per heavy atom. The van der Waals surface area contributed by atoms with Crippen LogP contribution in [-0.2, 0) is 6.18 Å². The Labute approximate surface area is 196 Å². The van der Waals surface area contributed by atoms with Crippen LogP contribution < -0.4 is 15.0 Å². The van der Waals surface area contributed by atoms with Gasteiger partial charge in [-0.2, -0.15) is 31.3 Å². The van der Waals surface area contributed by atoms with Crippen molar-refractivity contribution < 1.29 is 31.1 Å². The van der Waals surface area contributed by atoms with Gasteiger partial charge < -0.3 is 15.0 Å². The number of hydrogen-bond donors (Lipinski definition) is 1. The quantitative estimate of drug-likeness (QED) is 0.368. The first kappa shape index (κ1) is 24.6. The Bertz CT molecular complexity index is 1210. The predicted octanol–water partition coefficient (Wildman–Crippen LogP) is 4.89. The molecule has 0 spiro atoms. The number of pyridine rings is 2. The zero-order chi connectivity index (χ0) is 25.4. The van der Waals surface area contributed by atoms with Crippen LogP contribution in [-0.4, -0.2) is 51.5 Å². The average molecular weight is 500 g/mol. The maximum atomic E-state index is 13.0. The molecule has 1 N–H and O–H groups in total. The molecule has 7 nitrogen and oxygen atoms in total.